The molecule has 1 aliphatic heterocycles. The van der Waals surface area contributed by atoms with E-state index in [1.807, 2.05) is 0 Å². The molecule has 19 heavy (non-hydrogen) atoms. The average Bonchev–Trinajstić information content (AvgIpc) is 2.29. The summed E-state index contributed by atoms with van der Waals surface area (Å²) in [6.45, 7) is 2.20. The predicted octanol–water partition coefficient (Wildman–Crippen LogP) is 1.81. The first-order valence-corrected chi connectivity index (χ1v) is 7.24. The highest BCUT2D eigenvalue weighted by Crippen LogP contribution is 2.45. The molecule has 1 N–H and O–H groups in total. The Morgan fingerprint density at radius 3 is 2.26 bits per heavy atom. The largest absolute Gasteiger partial charge is 0.331 e. The number of amides is 4. The van der Waals surface area contributed by atoms with Crippen molar-refractivity contribution in [3.8, 4) is 0 Å². The van der Waals surface area contributed by atoms with Crippen molar-refractivity contribution in [1.82, 2.24) is 10.2 Å². The van der Waals surface area contributed by atoms with Gasteiger partial charge in [0.05, 0.1) is 0 Å². The number of nitrogens with zero attached hydrogens (tertiary/aromatic N) is 1. The normalized spacial score (nSPS) is 34.2. The number of imide groups is 2. The Hall–Kier alpha value is -1.39. The van der Waals surface area contributed by atoms with Gasteiger partial charge in [0.15, 0.2) is 0 Å². The van der Waals surface area contributed by atoms with E-state index in [0.717, 1.165) is 32.1 Å². The summed E-state index contributed by atoms with van der Waals surface area (Å²) < 4.78 is 0. The minimum Gasteiger partial charge on any atom is -0.277 e. The Kier molecular flexibility index (Phi) is 2.87. The van der Waals surface area contributed by atoms with Gasteiger partial charge >= 0.3 is 6.03 Å². The van der Waals surface area contributed by atoms with E-state index in [4.69, 9.17) is 0 Å². The number of nitrogens with one attached hydrogen (secondary N) is 1. The van der Waals surface area contributed by atoms with Gasteiger partial charge in [-0.05, 0) is 44.4 Å². The molecule has 3 fully saturated rings. The number of urea groups is 1. The Bertz CT molecular complexity index is 434. The lowest BCUT2D eigenvalue weighted by atomic mass is 9.66. The maximum absolute atomic E-state index is 12.6. The molecule has 1 heterocycles. The Balaban J connectivity index is 1.82. The second kappa shape index (κ2) is 4.32. The highest BCUT2D eigenvalue weighted by Gasteiger charge is 2.58. The average molecular weight is 264 g/mol. The van der Waals surface area contributed by atoms with Crippen LogP contribution in [-0.2, 0) is 9.59 Å². The van der Waals surface area contributed by atoms with Gasteiger partial charge in [0.2, 0.25) is 11.8 Å². The molecule has 0 aromatic heterocycles. The number of barbiturate groups is 1. The smallest absolute Gasteiger partial charge is 0.277 e. The molecule has 3 aliphatic rings. The lowest BCUT2D eigenvalue weighted by molar-refractivity contribution is -0.159. The summed E-state index contributed by atoms with van der Waals surface area (Å²) in [4.78, 5) is 37.8. The number of rotatable bonds is 1. The maximum atomic E-state index is 12.6. The summed E-state index contributed by atoms with van der Waals surface area (Å²) in [6, 6.07) is -0.527. The third-order valence-electron chi connectivity index (χ3n) is 5.06. The van der Waals surface area contributed by atoms with Crippen LogP contribution in [0.2, 0.25) is 0 Å². The van der Waals surface area contributed by atoms with Crippen LogP contribution >= 0.6 is 0 Å². The van der Waals surface area contributed by atoms with Gasteiger partial charge in [0, 0.05) is 6.04 Å². The van der Waals surface area contributed by atoms with Crippen LogP contribution < -0.4 is 5.32 Å². The van der Waals surface area contributed by atoms with Gasteiger partial charge in [-0.1, -0.05) is 13.3 Å². The van der Waals surface area contributed by atoms with Crippen LogP contribution in [0, 0.1) is 11.3 Å². The van der Waals surface area contributed by atoms with Gasteiger partial charge in [-0.15, -0.1) is 0 Å². The molecule has 2 aliphatic carbocycles. The number of carbonyl (C=O) groups is 3. The molecular formula is C14H20N2O3. The van der Waals surface area contributed by atoms with Crippen molar-refractivity contribution in [2.45, 2.75) is 57.9 Å². The Labute approximate surface area is 112 Å². The van der Waals surface area contributed by atoms with Gasteiger partial charge in [-0.25, -0.2) is 4.79 Å². The lowest BCUT2D eigenvalue weighted by Gasteiger charge is -2.47. The monoisotopic (exact) mass is 264 g/mol. The van der Waals surface area contributed by atoms with Crippen LogP contribution in [0.4, 0.5) is 4.79 Å². The van der Waals surface area contributed by atoms with Gasteiger partial charge in [0.25, 0.3) is 0 Å². The maximum Gasteiger partial charge on any atom is 0.331 e. The first-order valence-electron chi connectivity index (χ1n) is 7.24. The molecule has 1 saturated heterocycles. The minimum absolute atomic E-state index is 0.0192. The van der Waals surface area contributed by atoms with Gasteiger partial charge in [0.1, 0.15) is 5.41 Å². The molecule has 0 atom stereocenters. The van der Waals surface area contributed by atoms with Crippen LogP contribution in [0.25, 0.3) is 0 Å². The van der Waals surface area contributed by atoms with Gasteiger partial charge < -0.3 is 0 Å². The fraction of sp³-hybridized carbons (Fsp3) is 0.786. The van der Waals surface area contributed by atoms with Gasteiger partial charge in [-0.2, -0.15) is 0 Å². The van der Waals surface area contributed by atoms with E-state index >= 15 is 0 Å². The zero-order valence-corrected chi connectivity index (χ0v) is 11.3. The zero-order valence-electron chi connectivity index (χ0n) is 11.3. The lowest BCUT2D eigenvalue weighted by Crippen LogP contribution is -2.68. The summed E-state index contributed by atoms with van der Waals surface area (Å²) in [5.74, 6) is 0.0414. The van der Waals surface area contributed by atoms with E-state index < -0.39 is 11.4 Å². The SMILES string of the molecule is CC1CCC(N2C(=O)NC(=O)C3(CCC3)C2=O)CC1. The fourth-order valence-electron chi connectivity index (χ4n) is 3.50. The van der Waals surface area contributed by atoms with Gasteiger partial charge in [-0.3, -0.25) is 19.8 Å². The third-order valence-corrected chi connectivity index (χ3v) is 5.06. The standard InChI is InChI=1S/C14H20N2O3/c1-9-3-5-10(6-4-9)16-12(18)14(7-2-8-14)11(17)15-13(16)19/h9-10H,2-8H2,1H3,(H,15,17,19). The topological polar surface area (TPSA) is 66.5 Å². The first-order chi connectivity index (χ1) is 9.04. The molecule has 104 valence electrons. The molecule has 5 nitrogen and oxygen atoms in total. The number of carbonyl (C=O) groups excluding carboxylic acids is 3. The molecule has 2 saturated carbocycles. The van der Waals surface area contributed by atoms with E-state index in [9.17, 15) is 14.4 Å². The highest BCUT2D eigenvalue weighted by atomic mass is 16.2. The molecule has 4 amide bonds. The molecular weight excluding hydrogens is 244 g/mol. The van der Waals surface area contributed by atoms with Crippen molar-refractivity contribution in [2.24, 2.45) is 11.3 Å². The number of hydrogen-bond donors (Lipinski definition) is 1. The van der Waals surface area contributed by atoms with E-state index in [1.165, 1.54) is 4.90 Å². The first kappa shape index (κ1) is 12.6. The van der Waals surface area contributed by atoms with Crippen molar-refractivity contribution < 1.29 is 14.4 Å². The van der Waals surface area contributed by atoms with E-state index in [2.05, 4.69) is 12.2 Å². The molecule has 0 radical (unpaired) electrons. The van der Waals surface area contributed by atoms with Crippen LogP contribution in [0.15, 0.2) is 0 Å². The third kappa shape index (κ3) is 1.78. The van der Waals surface area contributed by atoms with Crippen LogP contribution in [0.1, 0.15) is 51.9 Å². The number of hydrogen-bond acceptors (Lipinski definition) is 3. The second-order valence-electron chi connectivity index (χ2n) is 6.28. The van der Waals surface area contributed by atoms with Crippen molar-refractivity contribution in [1.29, 1.82) is 0 Å². The minimum atomic E-state index is -0.920. The van der Waals surface area contributed by atoms with Crippen molar-refractivity contribution in [3.05, 3.63) is 0 Å². The van der Waals surface area contributed by atoms with E-state index in [1.54, 1.807) is 0 Å². The molecule has 1 spiro atoms. The molecule has 3 rings (SSSR count). The quantitative estimate of drug-likeness (QED) is 0.734. The molecule has 0 aromatic carbocycles. The second-order valence-corrected chi connectivity index (χ2v) is 6.28. The van der Waals surface area contributed by atoms with Crippen molar-refractivity contribution >= 4 is 17.8 Å². The predicted molar refractivity (Wildman–Crippen MR) is 68.1 cm³/mol. The molecule has 0 aromatic rings. The van der Waals surface area contributed by atoms with Crippen LogP contribution in [0.5, 0.6) is 0 Å². The van der Waals surface area contributed by atoms with E-state index in [-0.39, 0.29) is 17.9 Å². The molecule has 5 heteroatoms. The summed E-state index contributed by atoms with van der Waals surface area (Å²) in [7, 11) is 0. The summed E-state index contributed by atoms with van der Waals surface area (Å²) in [5.41, 5.74) is -0.920. The summed E-state index contributed by atoms with van der Waals surface area (Å²) >= 11 is 0. The van der Waals surface area contributed by atoms with Crippen LogP contribution in [-0.4, -0.2) is 28.8 Å². The molecule has 0 unspecified atom stereocenters. The summed E-state index contributed by atoms with van der Waals surface area (Å²) in [6.07, 6.45) is 5.89. The molecule has 0 bridgehead atoms. The fourth-order valence-corrected chi connectivity index (χ4v) is 3.50. The Morgan fingerprint density at radius 1 is 1.11 bits per heavy atom. The highest BCUT2D eigenvalue weighted by molar-refractivity contribution is 6.19. The van der Waals surface area contributed by atoms with E-state index in [0.29, 0.717) is 18.8 Å². The van der Waals surface area contributed by atoms with Crippen LogP contribution in [0.3, 0.4) is 0 Å². The Morgan fingerprint density at radius 2 is 1.74 bits per heavy atom. The zero-order chi connectivity index (χ0) is 13.6. The summed E-state index contributed by atoms with van der Waals surface area (Å²) in [5, 5.41) is 2.39. The van der Waals surface area contributed by atoms with Crippen molar-refractivity contribution in [3.63, 3.8) is 0 Å². The van der Waals surface area contributed by atoms with Crippen molar-refractivity contribution in [2.75, 3.05) is 0 Å².